The molecule has 1 aliphatic rings. The lowest BCUT2D eigenvalue weighted by atomic mass is 10.1. The number of carbonyl (C=O) groups is 5. The first-order valence-corrected chi connectivity index (χ1v) is 10.9. The zero-order valence-corrected chi connectivity index (χ0v) is 20.1. The van der Waals surface area contributed by atoms with Crippen LogP contribution in [-0.2, 0) is 19.1 Å². The number of hydrazine groups is 2. The Morgan fingerprint density at radius 2 is 1.58 bits per heavy atom. The summed E-state index contributed by atoms with van der Waals surface area (Å²) in [6, 6.07) is 10.5. The molecule has 0 aromatic heterocycles. The number of esters is 1. The number of hydrogen-bond acceptors (Lipinski definition) is 8. The molecule has 0 aliphatic carbocycles. The lowest BCUT2D eigenvalue weighted by molar-refractivity contribution is -0.152. The van der Waals surface area contributed by atoms with Crippen LogP contribution in [0.15, 0.2) is 42.5 Å². The number of nitrogens with one attached hydrogen (secondary N) is 3. The Bertz CT molecular complexity index is 1150. The van der Waals surface area contributed by atoms with E-state index in [9.17, 15) is 24.0 Å². The van der Waals surface area contributed by atoms with Gasteiger partial charge in [-0.15, -0.1) is 0 Å². The van der Waals surface area contributed by atoms with Gasteiger partial charge in [0, 0.05) is 28.6 Å². The third-order valence-corrected chi connectivity index (χ3v) is 5.33. The van der Waals surface area contributed by atoms with Crippen LogP contribution in [0.5, 0.6) is 11.5 Å². The molecule has 13 heteroatoms. The molecule has 0 saturated carbocycles. The predicted octanol–water partition coefficient (Wildman–Crippen LogP) is 0.855. The van der Waals surface area contributed by atoms with Crippen LogP contribution >= 0.6 is 11.6 Å². The van der Waals surface area contributed by atoms with Gasteiger partial charge in [-0.25, -0.2) is 0 Å². The average molecular weight is 519 g/mol. The van der Waals surface area contributed by atoms with Crippen molar-refractivity contribution in [3.05, 3.63) is 58.6 Å². The summed E-state index contributed by atoms with van der Waals surface area (Å²) in [5.74, 6) is -3.41. The number of rotatable bonds is 8. The van der Waals surface area contributed by atoms with Crippen molar-refractivity contribution >= 4 is 41.2 Å². The average Bonchev–Trinajstić information content (AvgIpc) is 3.25. The summed E-state index contributed by atoms with van der Waals surface area (Å²) in [5.41, 5.74) is 7.18. The molecule has 12 nitrogen and oxygen atoms in total. The Labute approximate surface area is 210 Å². The van der Waals surface area contributed by atoms with E-state index in [0.717, 1.165) is 5.01 Å². The highest BCUT2D eigenvalue weighted by molar-refractivity contribution is 6.30. The van der Waals surface area contributed by atoms with Gasteiger partial charge in [0.1, 0.15) is 11.5 Å². The Hall–Kier alpha value is -4.32. The van der Waals surface area contributed by atoms with E-state index < -0.39 is 42.1 Å². The maximum atomic E-state index is 12.6. The van der Waals surface area contributed by atoms with Crippen molar-refractivity contribution in [2.75, 3.05) is 27.4 Å². The third kappa shape index (κ3) is 6.85. The number of ether oxygens (including phenoxy) is 3. The molecule has 3 N–H and O–H groups in total. The van der Waals surface area contributed by atoms with Gasteiger partial charge in [-0.05, 0) is 36.4 Å². The van der Waals surface area contributed by atoms with Crippen LogP contribution in [0, 0.1) is 5.92 Å². The van der Waals surface area contributed by atoms with Gasteiger partial charge in [-0.2, -0.15) is 0 Å². The second-order valence-electron chi connectivity index (χ2n) is 7.56. The number of hydrogen-bond donors (Lipinski definition) is 3. The molecule has 4 amide bonds. The predicted molar refractivity (Wildman–Crippen MR) is 125 cm³/mol. The minimum atomic E-state index is -0.894. The molecule has 0 unspecified atom stereocenters. The van der Waals surface area contributed by atoms with E-state index in [-0.39, 0.29) is 24.1 Å². The molecule has 36 heavy (non-hydrogen) atoms. The molecule has 1 fully saturated rings. The minimum Gasteiger partial charge on any atom is -0.497 e. The summed E-state index contributed by atoms with van der Waals surface area (Å²) in [5, 5.41) is 1.46. The van der Waals surface area contributed by atoms with Gasteiger partial charge in [0.25, 0.3) is 17.7 Å². The fourth-order valence-electron chi connectivity index (χ4n) is 3.19. The zero-order valence-electron chi connectivity index (χ0n) is 19.3. The number of halogens is 1. The van der Waals surface area contributed by atoms with Crippen LogP contribution in [0.25, 0.3) is 0 Å². The molecule has 2 aromatic rings. The molecule has 2 aromatic carbocycles. The summed E-state index contributed by atoms with van der Waals surface area (Å²) in [7, 11) is 2.87. The minimum absolute atomic E-state index is 0.139. The number of methoxy groups -OCH3 is 2. The third-order valence-electron chi connectivity index (χ3n) is 5.08. The lowest BCUT2D eigenvalue weighted by Crippen LogP contribution is -2.44. The topological polar surface area (TPSA) is 152 Å². The lowest BCUT2D eigenvalue weighted by Gasteiger charge is -2.18. The quantitative estimate of drug-likeness (QED) is 0.343. The van der Waals surface area contributed by atoms with Gasteiger partial charge in [-0.3, -0.25) is 45.3 Å². The van der Waals surface area contributed by atoms with E-state index >= 15 is 0 Å². The van der Waals surface area contributed by atoms with Crippen molar-refractivity contribution in [2.45, 2.75) is 6.42 Å². The first-order valence-electron chi connectivity index (χ1n) is 10.6. The fraction of sp³-hybridized carbons (Fsp3) is 0.261. The normalized spacial score (nSPS) is 14.6. The van der Waals surface area contributed by atoms with Gasteiger partial charge >= 0.3 is 5.97 Å². The van der Waals surface area contributed by atoms with Crippen LogP contribution in [0.4, 0.5) is 0 Å². The summed E-state index contributed by atoms with van der Waals surface area (Å²) in [4.78, 5) is 61.1. The summed E-state index contributed by atoms with van der Waals surface area (Å²) in [6.45, 7) is -0.820. The highest BCUT2D eigenvalue weighted by Gasteiger charge is 2.37. The second kappa shape index (κ2) is 11.9. The van der Waals surface area contributed by atoms with Gasteiger partial charge in [0.05, 0.1) is 26.7 Å². The second-order valence-corrected chi connectivity index (χ2v) is 8.00. The van der Waals surface area contributed by atoms with Gasteiger partial charge in [-0.1, -0.05) is 11.6 Å². The zero-order chi connectivity index (χ0) is 26.2. The van der Waals surface area contributed by atoms with Crippen molar-refractivity contribution in [3.63, 3.8) is 0 Å². The van der Waals surface area contributed by atoms with E-state index in [1.165, 1.54) is 50.6 Å². The molecule has 1 atom stereocenters. The Balaban J connectivity index is 1.46. The van der Waals surface area contributed by atoms with Crippen molar-refractivity contribution in [3.8, 4) is 11.5 Å². The van der Waals surface area contributed by atoms with Gasteiger partial charge in [0.2, 0.25) is 5.91 Å². The number of carbonyl (C=O) groups excluding carboxylic acids is 5. The molecular formula is C23H23ClN4O8. The van der Waals surface area contributed by atoms with Crippen molar-refractivity contribution in [1.29, 1.82) is 0 Å². The molecule has 0 bridgehead atoms. The standard InChI is InChI=1S/C23H23ClN4O8/c1-34-17-7-14(8-18(10-17)35-2)22(32)27-28-11-15(9-20(28)30)23(33)36-12-19(29)25-26-21(31)13-3-5-16(24)6-4-13/h3-8,10,15H,9,11-12H2,1-2H3,(H,25,29)(H,26,31)(H,27,32)/t15-/m0/s1. The monoisotopic (exact) mass is 518 g/mol. The first kappa shape index (κ1) is 26.3. The molecule has 1 saturated heterocycles. The first-order chi connectivity index (χ1) is 17.2. The van der Waals surface area contributed by atoms with Crippen molar-refractivity contribution < 1.29 is 38.2 Å². The van der Waals surface area contributed by atoms with Gasteiger partial charge < -0.3 is 14.2 Å². The van der Waals surface area contributed by atoms with E-state index in [1.807, 2.05) is 0 Å². The molecule has 1 heterocycles. The molecule has 3 rings (SSSR count). The van der Waals surface area contributed by atoms with Crippen LogP contribution < -0.4 is 25.8 Å². The van der Waals surface area contributed by atoms with E-state index in [1.54, 1.807) is 6.07 Å². The summed E-state index contributed by atoms with van der Waals surface area (Å²) >= 11 is 5.76. The Morgan fingerprint density at radius 3 is 2.19 bits per heavy atom. The molecule has 0 spiro atoms. The molecular weight excluding hydrogens is 496 g/mol. The van der Waals surface area contributed by atoms with Crippen LogP contribution in [-0.4, -0.2) is 62.0 Å². The van der Waals surface area contributed by atoms with Crippen molar-refractivity contribution in [2.24, 2.45) is 5.92 Å². The molecule has 190 valence electrons. The highest BCUT2D eigenvalue weighted by atomic mass is 35.5. The maximum Gasteiger partial charge on any atom is 0.311 e. The van der Waals surface area contributed by atoms with E-state index in [0.29, 0.717) is 16.5 Å². The van der Waals surface area contributed by atoms with E-state index in [2.05, 4.69) is 16.3 Å². The Morgan fingerprint density at radius 1 is 0.944 bits per heavy atom. The smallest absolute Gasteiger partial charge is 0.311 e. The van der Waals surface area contributed by atoms with Gasteiger partial charge in [0.15, 0.2) is 6.61 Å². The summed E-state index contributed by atoms with van der Waals surface area (Å²) in [6.07, 6.45) is -0.213. The largest absolute Gasteiger partial charge is 0.497 e. The van der Waals surface area contributed by atoms with Crippen LogP contribution in [0.2, 0.25) is 5.02 Å². The van der Waals surface area contributed by atoms with Crippen LogP contribution in [0.1, 0.15) is 27.1 Å². The number of benzene rings is 2. The Kier molecular flexibility index (Phi) is 8.68. The number of nitrogens with zero attached hydrogens (tertiary/aromatic N) is 1. The fourth-order valence-corrected chi connectivity index (χ4v) is 3.32. The molecule has 0 radical (unpaired) electrons. The molecule has 1 aliphatic heterocycles. The maximum absolute atomic E-state index is 12.6. The SMILES string of the molecule is COc1cc(OC)cc(C(=O)NN2C[C@@H](C(=O)OCC(=O)NNC(=O)c3ccc(Cl)cc3)CC2=O)c1. The van der Waals surface area contributed by atoms with Crippen molar-refractivity contribution in [1.82, 2.24) is 21.3 Å². The van der Waals surface area contributed by atoms with E-state index in [4.69, 9.17) is 25.8 Å². The van der Waals surface area contributed by atoms with Crippen LogP contribution in [0.3, 0.4) is 0 Å². The summed E-state index contributed by atoms with van der Waals surface area (Å²) < 4.78 is 15.2. The number of amides is 4. The highest BCUT2D eigenvalue weighted by Crippen LogP contribution is 2.23.